The van der Waals surface area contributed by atoms with Crippen LogP contribution in [-0.2, 0) is 26.0 Å². The Kier molecular flexibility index (Phi) is 5.93. The first-order valence-corrected chi connectivity index (χ1v) is 12.9. The highest BCUT2D eigenvalue weighted by Gasteiger charge is 2.32. The van der Waals surface area contributed by atoms with Crippen LogP contribution in [0.3, 0.4) is 0 Å². The van der Waals surface area contributed by atoms with Gasteiger partial charge in [0.1, 0.15) is 10.8 Å². The maximum atomic E-state index is 12.8. The van der Waals surface area contributed by atoms with Crippen molar-refractivity contribution in [1.29, 1.82) is 0 Å². The Labute approximate surface area is 184 Å². The molecule has 1 aromatic carbocycles. The van der Waals surface area contributed by atoms with Gasteiger partial charge in [0.15, 0.2) is 0 Å². The highest BCUT2D eigenvalue weighted by atomic mass is 32.3. The number of amides is 2. The SMILES string of the molecule is CN(C)S(=O)(=O)c1cc2c(s1)SCC(=O)N2CC(=O)NC1CCCc2ccccc21. The van der Waals surface area contributed by atoms with E-state index in [1.807, 2.05) is 18.2 Å². The van der Waals surface area contributed by atoms with E-state index >= 15 is 0 Å². The number of nitrogens with one attached hydrogen (secondary N) is 1. The van der Waals surface area contributed by atoms with E-state index in [-0.39, 0.29) is 34.4 Å². The number of nitrogens with zero attached hydrogens (tertiary/aromatic N) is 2. The van der Waals surface area contributed by atoms with Crippen molar-refractivity contribution in [2.75, 3.05) is 31.3 Å². The van der Waals surface area contributed by atoms with Gasteiger partial charge in [-0.3, -0.25) is 9.59 Å². The molecule has 1 N–H and O–H groups in total. The molecule has 2 aliphatic rings. The fourth-order valence-corrected chi connectivity index (χ4v) is 7.68. The zero-order valence-electron chi connectivity index (χ0n) is 16.8. The first-order chi connectivity index (χ1) is 14.3. The summed E-state index contributed by atoms with van der Waals surface area (Å²) in [6.07, 6.45) is 2.87. The average Bonchev–Trinajstić information content (AvgIpc) is 3.16. The molecule has 2 amide bonds. The molecular weight excluding hydrogens is 442 g/mol. The van der Waals surface area contributed by atoms with E-state index in [9.17, 15) is 18.0 Å². The van der Waals surface area contributed by atoms with Gasteiger partial charge in [0, 0.05) is 14.1 Å². The minimum absolute atomic E-state index is 0.0663. The van der Waals surface area contributed by atoms with Crippen LogP contribution in [0.1, 0.15) is 30.0 Å². The van der Waals surface area contributed by atoms with Crippen LogP contribution in [0.25, 0.3) is 0 Å². The summed E-state index contributed by atoms with van der Waals surface area (Å²) >= 11 is 2.45. The van der Waals surface area contributed by atoms with E-state index in [1.165, 1.54) is 42.4 Å². The molecular formula is C20H23N3O4S3. The van der Waals surface area contributed by atoms with Crippen LogP contribution >= 0.6 is 23.1 Å². The van der Waals surface area contributed by atoms with Gasteiger partial charge in [0.05, 0.1) is 21.7 Å². The molecule has 7 nitrogen and oxygen atoms in total. The van der Waals surface area contributed by atoms with Crippen molar-refractivity contribution >= 4 is 50.6 Å². The van der Waals surface area contributed by atoms with E-state index in [0.29, 0.717) is 5.69 Å². The molecule has 0 saturated heterocycles. The van der Waals surface area contributed by atoms with Crippen molar-refractivity contribution in [3.8, 4) is 0 Å². The van der Waals surface area contributed by atoms with Crippen molar-refractivity contribution in [3.63, 3.8) is 0 Å². The number of thiophene rings is 1. The highest BCUT2D eigenvalue weighted by Crippen LogP contribution is 2.44. The number of fused-ring (bicyclic) bond motifs is 2. The van der Waals surface area contributed by atoms with E-state index in [0.717, 1.165) is 44.7 Å². The number of aryl methyl sites for hydroxylation is 1. The lowest BCUT2D eigenvalue weighted by atomic mass is 9.88. The lowest BCUT2D eigenvalue weighted by molar-refractivity contribution is -0.123. The Morgan fingerprint density at radius 3 is 2.83 bits per heavy atom. The van der Waals surface area contributed by atoms with Crippen LogP contribution < -0.4 is 10.2 Å². The molecule has 0 saturated carbocycles. The second kappa shape index (κ2) is 8.33. The van der Waals surface area contributed by atoms with Crippen LogP contribution in [0, 0.1) is 0 Å². The van der Waals surface area contributed by atoms with Crippen molar-refractivity contribution in [2.45, 2.75) is 33.7 Å². The average molecular weight is 466 g/mol. The third kappa shape index (κ3) is 4.01. The van der Waals surface area contributed by atoms with E-state index in [1.54, 1.807) is 0 Å². The lowest BCUT2D eigenvalue weighted by Crippen LogP contribution is -2.44. The predicted molar refractivity (Wildman–Crippen MR) is 119 cm³/mol. The molecule has 1 aliphatic heterocycles. The summed E-state index contributed by atoms with van der Waals surface area (Å²) in [7, 11) is -0.653. The number of carbonyl (C=O) groups excluding carboxylic acids is 2. The molecule has 30 heavy (non-hydrogen) atoms. The minimum Gasteiger partial charge on any atom is -0.348 e. The predicted octanol–water partition coefficient (Wildman–Crippen LogP) is 2.63. The van der Waals surface area contributed by atoms with Crippen LogP contribution in [0.5, 0.6) is 0 Å². The maximum absolute atomic E-state index is 12.8. The zero-order chi connectivity index (χ0) is 21.5. The van der Waals surface area contributed by atoms with E-state index in [2.05, 4.69) is 11.4 Å². The van der Waals surface area contributed by atoms with Crippen molar-refractivity contribution < 1.29 is 18.0 Å². The van der Waals surface area contributed by atoms with Gasteiger partial charge in [-0.05, 0) is 36.5 Å². The molecule has 2 aromatic rings. The van der Waals surface area contributed by atoms with Crippen molar-refractivity contribution in [2.24, 2.45) is 0 Å². The standard InChI is InChI=1S/C20H23N3O4S3/c1-22(2)30(26,27)19-10-16-20(29-19)28-12-18(25)23(16)11-17(24)21-15-9-5-7-13-6-3-4-8-14(13)15/h3-4,6,8,10,15H,5,7,9,11-12H2,1-2H3,(H,21,24). The summed E-state index contributed by atoms with van der Waals surface area (Å²) in [4.78, 5) is 26.8. The first-order valence-electron chi connectivity index (χ1n) is 9.64. The number of carbonyl (C=O) groups is 2. The van der Waals surface area contributed by atoms with Crippen molar-refractivity contribution in [3.05, 3.63) is 41.5 Å². The Bertz CT molecular complexity index is 1090. The Hall–Kier alpha value is -1.88. The zero-order valence-corrected chi connectivity index (χ0v) is 19.2. The second-order valence-corrected chi connectivity index (χ2v) is 12.2. The van der Waals surface area contributed by atoms with Crippen LogP contribution in [-0.4, -0.2) is 50.9 Å². The highest BCUT2D eigenvalue weighted by molar-refractivity contribution is 8.02. The maximum Gasteiger partial charge on any atom is 0.252 e. The fourth-order valence-electron chi connectivity index (χ4n) is 3.74. The van der Waals surface area contributed by atoms with Gasteiger partial charge in [-0.1, -0.05) is 24.3 Å². The normalized spacial score (nSPS) is 18.8. The molecule has 4 rings (SSSR count). The monoisotopic (exact) mass is 465 g/mol. The topological polar surface area (TPSA) is 86.8 Å². The summed E-state index contributed by atoms with van der Waals surface area (Å²) in [6.45, 7) is -0.122. The molecule has 1 aliphatic carbocycles. The molecule has 0 bridgehead atoms. The van der Waals surface area contributed by atoms with Gasteiger partial charge in [-0.15, -0.1) is 23.1 Å². The number of sulfonamides is 1. The summed E-state index contributed by atoms with van der Waals surface area (Å²) in [5.74, 6) is -0.251. The Morgan fingerprint density at radius 2 is 2.07 bits per heavy atom. The summed E-state index contributed by atoms with van der Waals surface area (Å²) in [5.41, 5.74) is 2.88. The molecule has 10 heteroatoms. The quantitative estimate of drug-likeness (QED) is 0.734. The van der Waals surface area contributed by atoms with Gasteiger partial charge >= 0.3 is 0 Å². The number of hydrogen-bond acceptors (Lipinski definition) is 6. The molecule has 1 aromatic heterocycles. The molecule has 0 radical (unpaired) electrons. The van der Waals surface area contributed by atoms with Crippen molar-refractivity contribution in [1.82, 2.24) is 9.62 Å². The van der Waals surface area contributed by atoms with Crippen LogP contribution in [0.15, 0.2) is 38.8 Å². The fraction of sp³-hybridized carbons (Fsp3) is 0.400. The van der Waals surface area contributed by atoms with Crippen LogP contribution in [0.4, 0.5) is 5.69 Å². The summed E-state index contributed by atoms with van der Waals surface area (Å²) in [6, 6.07) is 9.54. The largest absolute Gasteiger partial charge is 0.348 e. The number of hydrogen-bond donors (Lipinski definition) is 1. The Balaban J connectivity index is 1.54. The molecule has 0 spiro atoms. The van der Waals surface area contributed by atoms with Gasteiger partial charge in [0.2, 0.25) is 11.8 Å². The number of anilines is 1. The summed E-state index contributed by atoms with van der Waals surface area (Å²) in [5, 5.41) is 3.07. The van der Waals surface area contributed by atoms with Crippen LogP contribution in [0.2, 0.25) is 0 Å². The van der Waals surface area contributed by atoms with Gasteiger partial charge in [0.25, 0.3) is 10.0 Å². The number of rotatable bonds is 5. The third-order valence-corrected chi connectivity index (χ3v) is 9.97. The van der Waals surface area contributed by atoms with Gasteiger partial charge in [-0.25, -0.2) is 12.7 Å². The number of thioether (sulfide) groups is 1. The number of benzene rings is 1. The first kappa shape index (κ1) is 21.4. The molecule has 160 valence electrons. The molecule has 2 heterocycles. The molecule has 0 fully saturated rings. The van der Waals surface area contributed by atoms with Gasteiger partial charge < -0.3 is 10.2 Å². The molecule has 1 unspecified atom stereocenters. The lowest BCUT2D eigenvalue weighted by Gasteiger charge is -2.29. The van der Waals surface area contributed by atoms with E-state index in [4.69, 9.17) is 0 Å². The van der Waals surface area contributed by atoms with Gasteiger partial charge in [-0.2, -0.15) is 0 Å². The minimum atomic E-state index is -3.60. The Morgan fingerprint density at radius 1 is 1.30 bits per heavy atom. The smallest absolute Gasteiger partial charge is 0.252 e. The van der Waals surface area contributed by atoms with E-state index < -0.39 is 10.0 Å². The second-order valence-electron chi connectivity index (χ2n) is 7.51. The summed E-state index contributed by atoms with van der Waals surface area (Å²) < 4.78 is 27.0. The third-order valence-electron chi connectivity index (χ3n) is 5.32. The molecule has 1 atom stereocenters.